The number of carbonyl (C=O) groups excluding carboxylic acids is 2. The molecule has 3 aromatic rings. The molecule has 0 spiro atoms. The zero-order valence-corrected chi connectivity index (χ0v) is 19.4. The highest BCUT2D eigenvalue weighted by atomic mass is 32.2. The molecule has 0 radical (unpaired) electrons. The van der Waals surface area contributed by atoms with E-state index in [2.05, 4.69) is 10.6 Å². The third kappa shape index (κ3) is 6.26. The van der Waals surface area contributed by atoms with E-state index in [0.29, 0.717) is 34.9 Å². The number of thioether (sulfide) groups is 1. The highest BCUT2D eigenvalue weighted by molar-refractivity contribution is 8.00. The Hall–Kier alpha value is -3.52. The van der Waals surface area contributed by atoms with Crippen molar-refractivity contribution in [1.82, 2.24) is 0 Å². The number of hydrogen-bond acceptors (Lipinski definition) is 5. The maximum absolute atomic E-state index is 13.1. The van der Waals surface area contributed by atoms with Crippen molar-refractivity contribution in [2.24, 2.45) is 0 Å². The van der Waals surface area contributed by atoms with Gasteiger partial charge in [0.15, 0.2) is 0 Å². The van der Waals surface area contributed by atoms with Crippen molar-refractivity contribution < 1.29 is 23.5 Å². The first kappa shape index (κ1) is 24.1. The van der Waals surface area contributed by atoms with E-state index in [1.165, 1.54) is 50.2 Å². The van der Waals surface area contributed by atoms with Gasteiger partial charge in [-0.05, 0) is 61.0 Å². The van der Waals surface area contributed by atoms with Crippen LogP contribution in [-0.4, -0.2) is 31.3 Å². The smallest absolute Gasteiger partial charge is 0.263 e. The number of methoxy groups -OCH3 is 2. The van der Waals surface area contributed by atoms with Crippen LogP contribution in [0.3, 0.4) is 0 Å². The van der Waals surface area contributed by atoms with Gasteiger partial charge in [0, 0.05) is 16.3 Å². The van der Waals surface area contributed by atoms with E-state index in [1.807, 2.05) is 19.1 Å². The summed E-state index contributed by atoms with van der Waals surface area (Å²) in [7, 11) is 2.98. The van der Waals surface area contributed by atoms with Gasteiger partial charge in [0.1, 0.15) is 22.9 Å². The molecule has 2 N–H and O–H groups in total. The maximum atomic E-state index is 13.1. The van der Waals surface area contributed by atoms with Gasteiger partial charge in [-0.15, -0.1) is 11.8 Å². The first-order chi connectivity index (χ1) is 15.9. The Morgan fingerprint density at radius 3 is 2.15 bits per heavy atom. The van der Waals surface area contributed by atoms with Gasteiger partial charge < -0.3 is 20.1 Å². The van der Waals surface area contributed by atoms with Crippen LogP contribution in [0.1, 0.15) is 23.7 Å². The largest absolute Gasteiger partial charge is 0.496 e. The van der Waals surface area contributed by atoms with Gasteiger partial charge in [0.25, 0.3) is 5.91 Å². The summed E-state index contributed by atoms with van der Waals surface area (Å²) < 4.78 is 23.7. The molecule has 0 aliphatic heterocycles. The molecule has 3 aromatic carbocycles. The summed E-state index contributed by atoms with van der Waals surface area (Å²) in [5.41, 5.74) is 1.41. The van der Waals surface area contributed by atoms with Crippen molar-refractivity contribution in [2.45, 2.75) is 23.5 Å². The molecule has 0 aliphatic carbocycles. The van der Waals surface area contributed by atoms with Gasteiger partial charge in [0.2, 0.25) is 5.91 Å². The minimum absolute atomic E-state index is 0.178. The molecule has 6 nitrogen and oxygen atoms in total. The lowest BCUT2D eigenvalue weighted by Gasteiger charge is -2.16. The molecule has 1 unspecified atom stereocenters. The number of halogens is 1. The molecule has 0 heterocycles. The number of rotatable bonds is 9. The van der Waals surface area contributed by atoms with Crippen LogP contribution < -0.4 is 20.1 Å². The number of amides is 2. The van der Waals surface area contributed by atoms with Gasteiger partial charge in [-0.3, -0.25) is 9.59 Å². The zero-order chi connectivity index (χ0) is 23.8. The summed E-state index contributed by atoms with van der Waals surface area (Å²) in [6, 6.07) is 18.0. The highest BCUT2D eigenvalue weighted by Gasteiger charge is 2.20. The normalized spacial score (nSPS) is 11.4. The second-order valence-electron chi connectivity index (χ2n) is 7.03. The molecule has 2 amide bonds. The van der Waals surface area contributed by atoms with Gasteiger partial charge in [-0.1, -0.05) is 19.1 Å². The van der Waals surface area contributed by atoms with Crippen LogP contribution in [0.25, 0.3) is 0 Å². The lowest BCUT2D eigenvalue weighted by Crippen LogP contribution is -2.24. The van der Waals surface area contributed by atoms with Crippen molar-refractivity contribution in [3.05, 3.63) is 78.1 Å². The van der Waals surface area contributed by atoms with Crippen LogP contribution in [0.15, 0.2) is 71.6 Å². The molecule has 0 saturated heterocycles. The first-order valence-electron chi connectivity index (χ1n) is 10.3. The number of ether oxygens (including phenoxy) is 2. The molecule has 8 heteroatoms. The van der Waals surface area contributed by atoms with E-state index in [9.17, 15) is 14.0 Å². The molecule has 1 atom stereocenters. The lowest BCUT2D eigenvalue weighted by atomic mass is 10.1. The Labute approximate surface area is 196 Å². The van der Waals surface area contributed by atoms with Crippen LogP contribution in [0.5, 0.6) is 11.5 Å². The van der Waals surface area contributed by atoms with Crippen molar-refractivity contribution in [3.8, 4) is 11.5 Å². The van der Waals surface area contributed by atoms with Crippen LogP contribution in [-0.2, 0) is 4.79 Å². The second kappa shape index (κ2) is 11.4. The van der Waals surface area contributed by atoms with E-state index in [4.69, 9.17) is 9.47 Å². The SMILES string of the molecule is CCC(Sc1cccc(NC(=O)c2c(OC)cccc2OC)c1)C(=O)Nc1ccc(F)cc1. The van der Waals surface area contributed by atoms with Crippen molar-refractivity contribution in [3.63, 3.8) is 0 Å². The standard InChI is InChI=1S/C25H25FN2O4S/c1-4-22(24(29)27-17-13-11-16(26)12-14-17)33-19-8-5-7-18(15-19)28-25(30)23-20(31-2)9-6-10-21(23)32-3/h5-15,22H,4H2,1-3H3,(H,27,29)(H,28,30). The summed E-state index contributed by atoms with van der Waals surface area (Å²) in [6.07, 6.45) is 0.590. The highest BCUT2D eigenvalue weighted by Crippen LogP contribution is 2.31. The summed E-state index contributed by atoms with van der Waals surface area (Å²) in [6.45, 7) is 1.92. The summed E-state index contributed by atoms with van der Waals surface area (Å²) in [4.78, 5) is 26.4. The molecule has 0 aliphatic rings. The lowest BCUT2D eigenvalue weighted by molar-refractivity contribution is -0.115. The third-order valence-corrected chi connectivity index (χ3v) is 6.16. The predicted octanol–water partition coefficient (Wildman–Crippen LogP) is 5.60. The maximum Gasteiger partial charge on any atom is 0.263 e. The Balaban J connectivity index is 1.72. The molecule has 0 saturated carbocycles. The van der Waals surface area contributed by atoms with E-state index >= 15 is 0 Å². The average molecular weight is 469 g/mol. The van der Waals surface area contributed by atoms with Gasteiger partial charge in [-0.25, -0.2) is 4.39 Å². The Morgan fingerprint density at radius 1 is 0.909 bits per heavy atom. The number of nitrogens with one attached hydrogen (secondary N) is 2. The molecule has 0 aromatic heterocycles. The van der Waals surface area contributed by atoms with E-state index in [0.717, 1.165) is 4.90 Å². The van der Waals surface area contributed by atoms with Gasteiger partial charge in [-0.2, -0.15) is 0 Å². The molecule has 0 fully saturated rings. The molecular formula is C25H25FN2O4S. The fraction of sp³-hybridized carbons (Fsp3) is 0.200. The van der Waals surface area contributed by atoms with Gasteiger partial charge in [0.05, 0.1) is 19.5 Å². The molecule has 3 rings (SSSR count). The summed E-state index contributed by atoms with van der Waals surface area (Å²) in [5, 5.41) is 5.31. The second-order valence-corrected chi connectivity index (χ2v) is 8.31. The summed E-state index contributed by atoms with van der Waals surface area (Å²) in [5.74, 6) is -0.101. The molecule has 172 valence electrons. The van der Waals surface area contributed by atoms with Crippen LogP contribution in [0.2, 0.25) is 0 Å². The topological polar surface area (TPSA) is 76.7 Å². The fourth-order valence-electron chi connectivity index (χ4n) is 3.16. The Kier molecular flexibility index (Phi) is 8.32. The van der Waals surface area contributed by atoms with Crippen molar-refractivity contribution in [1.29, 1.82) is 0 Å². The van der Waals surface area contributed by atoms with Crippen LogP contribution in [0, 0.1) is 5.82 Å². The number of benzene rings is 3. The van der Waals surface area contributed by atoms with Gasteiger partial charge >= 0.3 is 0 Å². The summed E-state index contributed by atoms with van der Waals surface area (Å²) >= 11 is 1.38. The average Bonchev–Trinajstić information content (AvgIpc) is 2.83. The van der Waals surface area contributed by atoms with E-state index in [-0.39, 0.29) is 22.9 Å². The van der Waals surface area contributed by atoms with E-state index in [1.54, 1.807) is 30.3 Å². The number of anilines is 2. The van der Waals surface area contributed by atoms with Crippen LogP contribution in [0.4, 0.5) is 15.8 Å². The number of hydrogen-bond donors (Lipinski definition) is 2. The fourth-order valence-corrected chi connectivity index (χ4v) is 4.17. The third-order valence-electron chi connectivity index (χ3n) is 4.80. The molecule has 0 bridgehead atoms. The number of carbonyl (C=O) groups is 2. The minimum atomic E-state index is -0.368. The first-order valence-corrected chi connectivity index (χ1v) is 11.2. The minimum Gasteiger partial charge on any atom is -0.496 e. The Bertz CT molecular complexity index is 1100. The molecule has 33 heavy (non-hydrogen) atoms. The van der Waals surface area contributed by atoms with Crippen molar-refractivity contribution in [2.75, 3.05) is 24.9 Å². The van der Waals surface area contributed by atoms with Crippen LogP contribution >= 0.6 is 11.8 Å². The quantitative estimate of drug-likeness (QED) is 0.400. The molecular weight excluding hydrogens is 443 g/mol. The Morgan fingerprint density at radius 2 is 1.55 bits per heavy atom. The van der Waals surface area contributed by atoms with Crippen molar-refractivity contribution >= 4 is 35.0 Å². The van der Waals surface area contributed by atoms with E-state index < -0.39 is 0 Å². The zero-order valence-electron chi connectivity index (χ0n) is 18.6. The monoisotopic (exact) mass is 468 g/mol. The predicted molar refractivity (Wildman–Crippen MR) is 129 cm³/mol.